The molecule has 21 heavy (non-hydrogen) atoms. The van der Waals surface area contributed by atoms with Gasteiger partial charge < -0.3 is 15.6 Å². The van der Waals surface area contributed by atoms with Crippen molar-refractivity contribution in [3.05, 3.63) is 54.4 Å². The third kappa shape index (κ3) is 3.28. The van der Waals surface area contributed by atoms with E-state index in [1.54, 1.807) is 0 Å². The molecule has 4 heteroatoms. The zero-order chi connectivity index (χ0) is 14.7. The number of hydrogen-bond donors (Lipinski definition) is 2. The average molecular weight is 284 g/mol. The molecule has 3 N–H and O–H groups in total. The molecule has 1 aliphatic heterocycles. The lowest BCUT2D eigenvalue weighted by atomic mass is 10.0. The lowest BCUT2D eigenvalue weighted by Crippen LogP contribution is -2.61. The fourth-order valence-corrected chi connectivity index (χ4v) is 3.09. The molecule has 2 aromatic rings. The van der Waals surface area contributed by atoms with Crippen LogP contribution in [0.25, 0.3) is 0 Å². The topological polar surface area (TPSA) is 48.3 Å². The van der Waals surface area contributed by atoms with Crippen molar-refractivity contribution < 1.29 is 0 Å². The number of hydrogen-bond acceptors (Lipinski definition) is 3. The molecule has 0 radical (unpaired) electrons. The number of nitrogens with zero attached hydrogens (tertiary/aromatic N) is 2. The number of piperazine rings is 1. The first-order valence-electron chi connectivity index (χ1n) is 7.61. The quantitative estimate of drug-likeness (QED) is 0.903. The highest BCUT2D eigenvalue weighted by Gasteiger charge is 2.30. The molecule has 0 aliphatic carbocycles. The van der Waals surface area contributed by atoms with Crippen LogP contribution < -0.4 is 10.6 Å². The number of nitrogens with one attached hydrogen (secondary N) is 1. The first-order valence-corrected chi connectivity index (χ1v) is 7.61. The zero-order valence-corrected chi connectivity index (χ0v) is 12.6. The summed E-state index contributed by atoms with van der Waals surface area (Å²) in [6.07, 6.45) is 2.81. The molecule has 1 atom stereocenters. The maximum absolute atomic E-state index is 6.55. The molecule has 3 rings (SSSR count). The lowest BCUT2D eigenvalue weighted by Gasteiger charge is -2.44. The number of rotatable bonds is 4. The third-order valence-corrected chi connectivity index (χ3v) is 4.33. The van der Waals surface area contributed by atoms with Gasteiger partial charge >= 0.3 is 0 Å². The maximum atomic E-state index is 6.55. The van der Waals surface area contributed by atoms with Crippen molar-refractivity contribution in [2.75, 3.05) is 31.1 Å². The number of para-hydroxylation sites is 1. The van der Waals surface area contributed by atoms with Crippen molar-refractivity contribution in [2.24, 2.45) is 5.73 Å². The van der Waals surface area contributed by atoms with E-state index < -0.39 is 0 Å². The van der Waals surface area contributed by atoms with Crippen molar-refractivity contribution in [1.29, 1.82) is 0 Å². The largest absolute Gasteiger partial charge is 0.369 e. The van der Waals surface area contributed by atoms with E-state index in [1.807, 2.05) is 12.3 Å². The summed E-state index contributed by atoms with van der Waals surface area (Å²) in [6.45, 7) is 6.19. The van der Waals surface area contributed by atoms with Crippen molar-refractivity contribution in [3.8, 4) is 0 Å². The van der Waals surface area contributed by atoms with Gasteiger partial charge in [0, 0.05) is 50.2 Å². The molecule has 1 aromatic heterocycles. The second-order valence-corrected chi connectivity index (χ2v) is 6.04. The van der Waals surface area contributed by atoms with Gasteiger partial charge in [-0.1, -0.05) is 18.2 Å². The smallest absolute Gasteiger partial charge is 0.0715 e. The Balaban J connectivity index is 1.60. The second-order valence-electron chi connectivity index (χ2n) is 6.04. The Morgan fingerprint density at radius 3 is 2.38 bits per heavy atom. The van der Waals surface area contributed by atoms with Gasteiger partial charge in [-0.25, -0.2) is 0 Å². The van der Waals surface area contributed by atoms with Crippen LogP contribution in [0.1, 0.15) is 12.6 Å². The van der Waals surface area contributed by atoms with E-state index in [0.717, 1.165) is 32.6 Å². The van der Waals surface area contributed by atoms with Gasteiger partial charge in [0.25, 0.3) is 0 Å². The van der Waals surface area contributed by atoms with E-state index in [9.17, 15) is 0 Å². The van der Waals surface area contributed by atoms with E-state index in [0.29, 0.717) is 0 Å². The van der Waals surface area contributed by atoms with Crippen LogP contribution in [-0.2, 0) is 6.42 Å². The van der Waals surface area contributed by atoms with Crippen molar-refractivity contribution in [3.63, 3.8) is 0 Å². The molecular weight excluding hydrogens is 260 g/mol. The van der Waals surface area contributed by atoms with Crippen LogP contribution in [0.4, 0.5) is 5.69 Å². The minimum absolute atomic E-state index is 0.298. The van der Waals surface area contributed by atoms with E-state index in [4.69, 9.17) is 5.73 Å². The molecule has 1 unspecified atom stereocenters. The fourth-order valence-electron chi connectivity index (χ4n) is 3.09. The van der Waals surface area contributed by atoms with Crippen molar-refractivity contribution >= 4 is 5.69 Å². The molecule has 0 saturated carbocycles. The van der Waals surface area contributed by atoms with Gasteiger partial charge in [-0.05, 0) is 31.2 Å². The van der Waals surface area contributed by atoms with Crippen LogP contribution in [0.3, 0.4) is 0 Å². The Morgan fingerprint density at radius 1 is 1.05 bits per heavy atom. The van der Waals surface area contributed by atoms with Crippen molar-refractivity contribution in [2.45, 2.75) is 19.0 Å². The monoisotopic (exact) mass is 284 g/mol. The molecule has 1 aliphatic rings. The highest BCUT2D eigenvalue weighted by molar-refractivity contribution is 5.46. The Morgan fingerprint density at radius 2 is 1.76 bits per heavy atom. The Hall–Kier alpha value is -1.78. The van der Waals surface area contributed by atoms with Crippen LogP contribution >= 0.6 is 0 Å². The minimum Gasteiger partial charge on any atom is -0.369 e. The van der Waals surface area contributed by atoms with Crippen molar-refractivity contribution in [1.82, 2.24) is 9.88 Å². The Labute approximate surface area is 126 Å². The molecule has 1 aromatic carbocycles. The summed E-state index contributed by atoms with van der Waals surface area (Å²) < 4.78 is 0. The van der Waals surface area contributed by atoms with E-state index >= 15 is 0 Å². The predicted molar refractivity (Wildman–Crippen MR) is 87.3 cm³/mol. The minimum atomic E-state index is -0.298. The van der Waals surface area contributed by atoms with E-state index in [2.05, 4.69) is 58.1 Å². The fraction of sp³-hybridized carbons (Fsp3) is 0.412. The molecule has 1 saturated heterocycles. The van der Waals surface area contributed by atoms with Crippen LogP contribution in [0, 0.1) is 0 Å². The number of benzene rings is 1. The second kappa shape index (κ2) is 5.92. The first-order chi connectivity index (χ1) is 10.1. The number of aromatic nitrogens is 1. The summed E-state index contributed by atoms with van der Waals surface area (Å²) in [5.74, 6) is 0. The van der Waals surface area contributed by atoms with Gasteiger partial charge in [0.05, 0.1) is 5.66 Å². The maximum Gasteiger partial charge on any atom is 0.0715 e. The normalized spacial score (nSPS) is 19.4. The molecule has 0 amide bonds. The summed E-state index contributed by atoms with van der Waals surface area (Å²) in [4.78, 5) is 8.08. The molecule has 1 fully saturated rings. The van der Waals surface area contributed by atoms with Crippen LogP contribution in [0.15, 0.2) is 48.7 Å². The standard InChI is InChI=1S/C17H24N4/c1-17(18,14-15-6-5-9-19-15)21-12-10-20(11-13-21)16-7-3-2-4-8-16/h2-9,19H,10-14,18H2,1H3. The first kappa shape index (κ1) is 14.2. The van der Waals surface area contributed by atoms with Crippen LogP contribution in [-0.4, -0.2) is 41.7 Å². The van der Waals surface area contributed by atoms with Crippen LogP contribution in [0.2, 0.25) is 0 Å². The molecule has 0 spiro atoms. The zero-order valence-electron chi connectivity index (χ0n) is 12.6. The Bertz CT molecular complexity index is 539. The summed E-state index contributed by atoms with van der Waals surface area (Å²) in [6, 6.07) is 14.7. The van der Waals surface area contributed by atoms with E-state index in [1.165, 1.54) is 11.4 Å². The highest BCUT2D eigenvalue weighted by Crippen LogP contribution is 2.20. The third-order valence-electron chi connectivity index (χ3n) is 4.33. The van der Waals surface area contributed by atoms with E-state index in [-0.39, 0.29) is 5.66 Å². The summed E-state index contributed by atoms with van der Waals surface area (Å²) in [7, 11) is 0. The Kier molecular flexibility index (Phi) is 3.99. The summed E-state index contributed by atoms with van der Waals surface area (Å²) >= 11 is 0. The van der Waals surface area contributed by atoms with Gasteiger partial charge in [0.1, 0.15) is 0 Å². The molecular formula is C17H24N4. The van der Waals surface area contributed by atoms with Gasteiger partial charge in [-0.15, -0.1) is 0 Å². The van der Waals surface area contributed by atoms with Gasteiger partial charge in [0.15, 0.2) is 0 Å². The highest BCUT2D eigenvalue weighted by atomic mass is 15.3. The number of nitrogens with two attached hydrogens (primary N) is 1. The summed E-state index contributed by atoms with van der Waals surface area (Å²) in [5.41, 5.74) is 8.76. The van der Waals surface area contributed by atoms with Gasteiger partial charge in [-0.2, -0.15) is 0 Å². The molecule has 0 bridgehead atoms. The molecule has 2 heterocycles. The summed E-state index contributed by atoms with van der Waals surface area (Å²) in [5, 5.41) is 0. The number of H-pyrrole nitrogens is 1. The number of aromatic amines is 1. The van der Waals surface area contributed by atoms with Crippen LogP contribution in [0.5, 0.6) is 0 Å². The van der Waals surface area contributed by atoms with Gasteiger partial charge in [-0.3, -0.25) is 4.90 Å². The lowest BCUT2D eigenvalue weighted by molar-refractivity contribution is 0.100. The predicted octanol–water partition coefficient (Wildman–Crippen LogP) is 2.05. The van der Waals surface area contributed by atoms with Gasteiger partial charge in [0.2, 0.25) is 0 Å². The molecule has 4 nitrogen and oxygen atoms in total. The SMILES string of the molecule is CC(N)(Cc1ccc[nH]1)N1CCN(c2ccccc2)CC1. The average Bonchev–Trinajstić information content (AvgIpc) is 3.00. The number of anilines is 1. The molecule has 112 valence electrons.